The van der Waals surface area contributed by atoms with Gasteiger partial charge in [0.1, 0.15) is 24.4 Å². The molecule has 3 saturated heterocycles. The highest BCUT2D eigenvalue weighted by Crippen LogP contribution is 2.45. The molecular weight excluding hydrogens is 390 g/mol. The van der Waals surface area contributed by atoms with Crippen molar-refractivity contribution in [1.29, 1.82) is 0 Å². The predicted octanol–water partition coefficient (Wildman–Crippen LogP) is -1.23. The quantitative estimate of drug-likeness (QED) is 0.417. The SMILES string of the molecule is C=C[C@@H]1[C@H](O[C@@H]2O[C@H](CO)[C@@H](O)[C@H](O)[C@H]2O)OC=C2C(=O)N3CCS[C@H]3C[C@H]21. The highest BCUT2D eigenvalue weighted by molar-refractivity contribution is 8.00. The van der Waals surface area contributed by atoms with Gasteiger partial charge in [-0.3, -0.25) is 4.79 Å². The zero-order chi connectivity index (χ0) is 20.0. The van der Waals surface area contributed by atoms with Crippen LogP contribution in [0.15, 0.2) is 24.5 Å². The number of carbonyl (C=O) groups is 1. The van der Waals surface area contributed by atoms with E-state index < -0.39 is 43.6 Å². The molecule has 0 aromatic carbocycles. The summed E-state index contributed by atoms with van der Waals surface area (Å²) in [7, 11) is 0. The fraction of sp³-hybridized carbons (Fsp3) is 0.722. The van der Waals surface area contributed by atoms with Gasteiger partial charge >= 0.3 is 0 Å². The van der Waals surface area contributed by atoms with Crippen molar-refractivity contribution in [3.05, 3.63) is 24.5 Å². The van der Waals surface area contributed by atoms with E-state index in [-0.39, 0.29) is 23.1 Å². The lowest BCUT2D eigenvalue weighted by atomic mass is 9.79. The van der Waals surface area contributed by atoms with Crippen molar-refractivity contribution in [2.45, 2.75) is 48.8 Å². The number of carbonyl (C=O) groups excluding carboxylic acids is 1. The molecule has 0 bridgehead atoms. The van der Waals surface area contributed by atoms with Crippen LogP contribution >= 0.6 is 11.8 Å². The largest absolute Gasteiger partial charge is 0.471 e. The first kappa shape index (κ1) is 20.1. The number of rotatable bonds is 4. The third-order valence-electron chi connectivity index (χ3n) is 5.85. The molecule has 0 aliphatic carbocycles. The molecule has 4 N–H and O–H groups in total. The summed E-state index contributed by atoms with van der Waals surface area (Å²) in [5, 5.41) is 39.5. The van der Waals surface area contributed by atoms with Crippen molar-refractivity contribution < 1.29 is 39.4 Å². The molecule has 10 heteroatoms. The van der Waals surface area contributed by atoms with Crippen molar-refractivity contribution in [3.63, 3.8) is 0 Å². The number of aliphatic hydroxyl groups excluding tert-OH is 4. The van der Waals surface area contributed by atoms with Gasteiger partial charge in [0, 0.05) is 24.1 Å². The van der Waals surface area contributed by atoms with Crippen molar-refractivity contribution in [1.82, 2.24) is 4.90 Å². The van der Waals surface area contributed by atoms with Crippen LogP contribution in [0.5, 0.6) is 0 Å². The van der Waals surface area contributed by atoms with Crippen LogP contribution in [0.2, 0.25) is 0 Å². The molecule has 156 valence electrons. The Hall–Kier alpha value is -1.14. The molecule has 4 heterocycles. The number of ether oxygens (including phenoxy) is 3. The molecule has 1 amide bonds. The fourth-order valence-corrected chi connectivity index (χ4v) is 5.55. The van der Waals surface area contributed by atoms with Crippen LogP contribution in [0.25, 0.3) is 0 Å². The Balaban J connectivity index is 1.52. The molecule has 3 fully saturated rings. The number of piperidine rings is 1. The van der Waals surface area contributed by atoms with E-state index in [0.29, 0.717) is 5.57 Å². The Morgan fingerprint density at radius 3 is 2.79 bits per heavy atom. The summed E-state index contributed by atoms with van der Waals surface area (Å²) in [6, 6.07) is 0. The van der Waals surface area contributed by atoms with E-state index in [1.807, 2.05) is 4.90 Å². The van der Waals surface area contributed by atoms with Gasteiger partial charge in [-0.05, 0) is 6.42 Å². The van der Waals surface area contributed by atoms with Crippen LogP contribution in [-0.4, -0.2) is 92.5 Å². The topological polar surface area (TPSA) is 129 Å². The number of thioether (sulfide) groups is 1. The van der Waals surface area contributed by atoms with Gasteiger partial charge in [-0.25, -0.2) is 0 Å². The summed E-state index contributed by atoms with van der Waals surface area (Å²) in [6.45, 7) is 4.03. The fourth-order valence-electron chi connectivity index (χ4n) is 4.25. The second-order valence-corrected chi connectivity index (χ2v) is 8.68. The van der Waals surface area contributed by atoms with E-state index >= 15 is 0 Å². The Kier molecular flexibility index (Phi) is 5.71. The zero-order valence-corrected chi connectivity index (χ0v) is 16.0. The Labute approximate surface area is 166 Å². The molecule has 28 heavy (non-hydrogen) atoms. The third-order valence-corrected chi connectivity index (χ3v) is 7.10. The van der Waals surface area contributed by atoms with Gasteiger partial charge in [0.25, 0.3) is 5.91 Å². The van der Waals surface area contributed by atoms with Crippen molar-refractivity contribution >= 4 is 17.7 Å². The predicted molar refractivity (Wildman–Crippen MR) is 97.6 cm³/mol. The maximum Gasteiger partial charge on any atom is 0.254 e. The number of amides is 1. The first-order valence-electron chi connectivity index (χ1n) is 9.33. The smallest absolute Gasteiger partial charge is 0.254 e. The van der Waals surface area contributed by atoms with Gasteiger partial charge in [-0.2, -0.15) is 0 Å². The number of hydrogen-bond acceptors (Lipinski definition) is 9. The Morgan fingerprint density at radius 1 is 1.29 bits per heavy atom. The van der Waals surface area contributed by atoms with Crippen molar-refractivity contribution in [3.8, 4) is 0 Å². The summed E-state index contributed by atoms with van der Waals surface area (Å²) >= 11 is 1.75. The number of hydrogen-bond donors (Lipinski definition) is 4. The summed E-state index contributed by atoms with van der Waals surface area (Å²) < 4.78 is 16.8. The average molecular weight is 415 g/mol. The van der Waals surface area contributed by atoms with Crippen LogP contribution in [0.1, 0.15) is 6.42 Å². The normalized spacial score (nSPS) is 45.7. The highest BCUT2D eigenvalue weighted by atomic mass is 32.2. The van der Waals surface area contributed by atoms with Gasteiger partial charge in [0.15, 0.2) is 6.29 Å². The first-order valence-corrected chi connectivity index (χ1v) is 10.4. The number of fused-ring (bicyclic) bond motifs is 2. The molecule has 0 saturated carbocycles. The van der Waals surface area contributed by atoms with Crippen LogP contribution in [0.3, 0.4) is 0 Å². The van der Waals surface area contributed by atoms with Gasteiger partial charge < -0.3 is 39.5 Å². The summed E-state index contributed by atoms with van der Waals surface area (Å²) in [5.74, 6) is 0.366. The summed E-state index contributed by atoms with van der Waals surface area (Å²) in [4.78, 5) is 14.6. The maximum atomic E-state index is 12.7. The second-order valence-electron chi connectivity index (χ2n) is 7.39. The number of nitrogens with zero attached hydrogens (tertiary/aromatic N) is 1. The lowest BCUT2D eigenvalue weighted by Crippen LogP contribution is -2.60. The minimum Gasteiger partial charge on any atom is -0.471 e. The van der Waals surface area contributed by atoms with Gasteiger partial charge in [-0.1, -0.05) is 6.08 Å². The van der Waals surface area contributed by atoms with E-state index in [1.54, 1.807) is 17.8 Å². The highest BCUT2D eigenvalue weighted by Gasteiger charge is 2.50. The molecule has 9 nitrogen and oxygen atoms in total. The van der Waals surface area contributed by atoms with E-state index in [2.05, 4.69) is 6.58 Å². The summed E-state index contributed by atoms with van der Waals surface area (Å²) in [5.41, 5.74) is 0.581. The standard InChI is InChI=1S/C18H25NO8S/c1-2-8-9-5-12-19(3-4-28-12)16(24)10(9)7-25-17(8)27-18-15(23)14(22)13(21)11(6-20)26-18/h2,7-9,11-15,17-18,20-23H,1,3-6H2/t8-,9-,11+,12-,13+,14-,15+,17-,18-/m0/s1. The van der Waals surface area contributed by atoms with Crippen LogP contribution in [-0.2, 0) is 19.0 Å². The Bertz CT molecular complexity index is 657. The third kappa shape index (κ3) is 3.26. The molecule has 4 rings (SSSR count). The van der Waals surface area contributed by atoms with Crippen molar-refractivity contribution in [2.75, 3.05) is 18.9 Å². The van der Waals surface area contributed by atoms with Gasteiger partial charge in [-0.15, -0.1) is 18.3 Å². The van der Waals surface area contributed by atoms with E-state index in [4.69, 9.17) is 14.2 Å². The first-order chi connectivity index (χ1) is 13.5. The molecule has 0 unspecified atom stereocenters. The summed E-state index contributed by atoms with van der Waals surface area (Å²) in [6.07, 6.45) is -3.98. The lowest BCUT2D eigenvalue weighted by molar-refractivity contribution is -0.339. The zero-order valence-electron chi connectivity index (χ0n) is 15.2. The van der Waals surface area contributed by atoms with Crippen LogP contribution in [0, 0.1) is 11.8 Å². The van der Waals surface area contributed by atoms with Gasteiger partial charge in [0.05, 0.1) is 23.8 Å². The second kappa shape index (κ2) is 7.94. The molecule has 9 atom stereocenters. The minimum atomic E-state index is -1.53. The van der Waals surface area contributed by atoms with Crippen LogP contribution in [0.4, 0.5) is 0 Å². The molecule has 0 spiro atoms. The van der Waals surface area contributed by atoms with Crippen molar-refractivity contribution in [2.24, 2.45) is 11.8 Å². The molecule has 0 aromatic heterocycles. The molecule has 4 aliphatic rings. The Morgan fingerprint density at radius 2 is 2.07 bits per heavy atom. The van der Waals surface area contributed by atoms with E-state index in [0.717, 1.165) is 18.7 Å². The molecule has 0 aromatic rings. The minimum absolute atomic E-state index is 0.0376. The van der Waals surface area contributed by atoms with Gasteiger partial charge in [0.2, 0.25) is 6.29 Å². The molecule has 4 aliphatic heterocycles. The number of aliphatic hydroxyl groups is 4. The molecular formula is C18H25NO8S. The van der Waals surface area contributed by atoms with E-state index in [1.165, 1.54) is 6.26 Å². The maximum absolute atomic E-state index is 12.7. The van der Waals surface area contributed by atoms with E-state index in [9.17, 15) is 25.2 Å². The molecule has 0 radical (unpaired) electrons. The lowest BCUT2D eigenvalue weighted by Gasteiger charge is -2.45. The monoisotopic (exact) mass is 415 g/mol. The average Bonchev–Trinajstić information content (AvgIpc) is 3.17. The van der Waals surface area contributed by atoms with Crippen LogP contribution < -0.4 is 0 Å².